The first-order chi connectivity index (χ1) is 16.9. The number of hydrogen-bond donors (Lipinski definition) is 1. The van der Waals surface area contributed by atoms with Gasteiger partial charge in [0.25, 0.3) is 5.91 Å². The summed E-state index contributed by atoms with van der Waals surface area (Å²) in [6.45, 7) is 3.97. The Kier molecular flexibility index (Phi) is 7.23. The van der Waals surface area contributed by atoms with E-state index in [4.69, 9.17) is 4.74 Å². The SMILES string of the molecule is COc1ccccc1NC(=O)/C(C#N)=C1\SC(Cc2ccccc2)C(=O)N1c1ccc(C)c(C)c1. The van der Waals surface area contributed by atoms with Gasteiger partial charge in [-0.25, -0.2) is 0 Å². The molecule has 0 aliphatic carbocycles. The maximum absolute atomic E-state index is 13.6. The number of nitrogens with one attached hydrogen (secondary N) is 1. The highest BCUT2D eigenvalue weighted by atomic mass is 32.2. The Morgan fingerprint density at radius 2 is 1.77 bits per heavy atom. The number of nitrogens with zero attached hydrogens (tertiary/aromatic N) is 2. The highest BCUT2D eigenvalue weighted by molar-refractivity contribution is 8.05. The Bertz CT molecular complexity index is 1350. The minimum Gasteiger partial charge on any atom is -0.495 e. The lowest BCUT2D eigenvalue weighted by Crippen LogP contribution is -2.31. The first kappa shape index (κ1) is 24.1. The van der Waals surface area contributed by atoms with E-state index in [1.165, 1.54) is 23.8 Å². The third kappa shape index (κ3) is 5.08. The molecule has 1 heterocycles. The molecule has 1 aliphatic rings. The van der Waals surface area contributed by atoms with Crippen molar-refractivity contribution in [1.29, 1.82) is 5.26 Å². The minimum atomic E-state index is -0.596. The average molecular weight is 484 g/mol. The van der Waals surface area contributed by atoms with Crippen molar-refractivity contribution in [2.24, 2.45) is 0 Å². The fraction of sp³-hybridized carbons (Fsp3) is 0.179. The summed E-state index contributed by atoms with van der Waals surface area (Å²) in [6.07, 6.45) is 0.488. The number of carbonyl (C=O) groups is 2. The average Bonchev–Trinajstić information content (AvgIpc) is 3.17. The Morgan fingerprint density at radius 1 is 1.06 bits per heavy atom. The molecule has 7 heteroatoms. The first-order valence-electron chi connectivity index (χ1n) is 11.1. The number of thioether (sulfide) groups is 1. The smallest absolute Gasteiger partial charge is 0.269 e. The summed E-state index contributed by atoms with van der Waals surface area (Å²) >= 11 is 1.25. The van der Waals surface area contributed by atoms with E-state index in [1.807, 2.05) is 68.4 Å². The van der Waals surface area contributed by atoms with E-state index in [-0.39, 0.29) is 11.5 Å². The summed E-state index contributed by atoms with van der Waals surface area (Å²) in [5.74, 6) is -0.275. The molecular weight excluding hydrogens is 458 g/mol. The van der Waals surface area contributed by atoms with Crippen LogP contribution in [0.4, 0.5) is 11.4 Å². The molecule has 6 nitrogen and oxygen atoms in total. The molecule has 1 atom stereocenters. The summed E-state index contributed by atoms with van der Waals surface area (Å²) in [5, 5.41) is 12.7. The Hall–Kier alpha value is -4.02. The van der Waals surface area contributed by atoms with Gasteiger partial charge in [-0.15, -0.1) is 0 Å². The topological polar surface area (TPSA) is 82.4 Å². The van der Waals surface area contributed by atoms with E-state index in [0.29, 0.717) is 28.6 Å². The van der Waals surface area contributed by atoms with Crippen LogP contribution in [-0.4, -0.2) is 24.2 Å². The summed E-state index contributed by atoms with van der Waals surface area (Å²) < 4.78 is 5.32. The number of aryl methyl sites for hydroxylation is 2. The zero-order chi connectivity index (χ0) is 24.9. The van der Waals surface area contributed by atoms with E-state index < -0.39 is 11.2 Å². The van der Waals surface area contributed by atoms with Crippen molar-refractivity contribution in [1.82, 2.24) is 0 Å². The number of anilines is 2. The zero-order valence-electron chi connectivity index (χ0n) is 19.7. The largest absolute Gasteiger partial charge is 0.495 e. The van der Waals surface area contributed by atoms with Crippen LogP contribution in [0.3, 0.4) is 0 Å². The van der Waals surface area contributed by atoms with Crippen molar-refractivity contribution in [2.45, 2.75) is 25.5 Å². The van der Waals surface area contributed by atoms with Gasteiger partial charge < -0.3 is 10.1 Å². The second kappa shape index (κ2) is 10.5. The number of rotatable bonds is 6. The van der Waals surface area contributed by atoms with Gasteiger partial charge in [-0.05, 0) is 61.2 Å². The van der Waals surface area contributed by atoms with Crippen LogP contribution in [0, 0.1) is 25.2 Å². The Morgan fingerprint density at radius 3 is 2.46 bits per heavy atom. The van der Waals surface area contributed by atoms with Crippen LogP contribution in [0.15, 0.2) is 83.4 Å². The molecule has 1 N–H and O–H groups in total. The molecule has 0 aromatic heterocycles. The molecule has 35 heavy (non-hydrogen) atoms. The molecule has 0 saturated carbocycles. The number of benzene rings is 3. The van der Waals surface area contributed by atoms with Gasteiger partial charge in [-0.1, -0.05) is 60.3 Å². The van der Waals surface area contributed by atoms with E-state index in [9.17, 15) is 14.9 Å². The summed E-state index contributed by atoms with van der Waals surface area (Å²) in [5.41, 5.74) is 4.08. The molecule has 3 aromatic rings. The van der Waals surface area contributed by atoms with Gasteiger partial charge in [0.2, 0.25) is 5.91 Å². The van der Waals surface area contributed by atoms with Gasteiger partial charge in [0.05, 0.1) is 18.0 Å². The molecule has 1 unspecified atom stereocenters. The van der Waals surface area contributed by atoms with Crippen LogP contribution >= 0.6 is 11.8 Å². The van der Waals surface area contributed by atoms with Crippen molar-refractivity contribution in [3.8, 4) is 11.8 Å². The predicted octanol–water partition coefficient (Wildman–Crippen LogP) is 5.38. The molecule has 1 aliphatic heterocycles. The number of para-hydroxylation sites is 2. The van der Waals surface area contributed by atoms with Gasteiger partial charge >= 0.3 is 0 Å². The first-order valence-corrected chi connectivity index (χ1v) is 12.0. The van der Waals surface area contributed by atoms with Gasteiger partial charge in [0, 0.05) is 5.69 Å². The molecule has 3 aromatic carbocycles. The summed E-state index contributed by atoms with van der Waals surface area (Å²) in [6, 6.07) is 24.4. The highest BCUT2D eigenvalue weighted by Gasteiger charge is 2.41. The minimum absolute atomic E-state index is 0.122. The van der Waals surface area contributed by atoms with Crippen molar-refractivity contribution in [2.75, 3.05) is 17.3 Å². The Labute approximate surface area is 209 Å². The fourth-order valence-electron chi connectivity index (χ4n) is 3.85. The van der Waals surface area contributed by atoms with Crippen LogP contribution in [0.5, 0.6) is 5.75 Å². The standard InChI is InChI=1S/C28H25N3O3S/c1-18-13-14-21(15-19(18)2)31-27(33)25(16-20-9-5-4-6-10-20)35-28(31)22(17-29)26(32)30-23-11-7-8-12-24(23)34-3/h4-15,25H,16H2,1-3H3,(H,30,32)/b28-22-. The predicted molar refractivity (Wildman–Crippen MR) is 139 cm³/mol. The normalized spacial score (nSPS) is 16.6. The zero-order valence-corrected chi connectivity index (χ0v) is 20.6. The van der Waals surface area contributed by atoms with E-state index in [0.717, 1.165) is 16.7 Å². The lowest BCUT2D eigenvalue weighted by molar-refractivity contribution is -0.117. The molecule has 4 rings (SSSR count). The van der Waals surface area contributed by atoms with Gasteiger partial charge in [0.1, 0.15) is 22.4 Å². The van der Waals surface area contributed by atoms with Crippen LogP contribution in [0.1, 0.15) is 16.7 Å². The maximum atomic E-state index is 13.6. The quantitative estimate of drug-likeness (QED) is 0.376. The summed E-state index contributed by atoms with van der Waals surface area (Å²) in [4.78, 5) is 28.4. The third-order valence-corrected chi connectivity index (χ3v) is 7.14. The fourth-order valence-corrected chi connectivity index (χ4v) is 5.16. The maximum Gasteiger partial charge on any atom is 0.269 e. The summed E-state index contributed by atoms with van der Waals surface area (Å²) in [7, 11) is 1.51. The second-order valence-corrected chi connectivity index (χ2v) is 9.38. The van der Waals surface area contributed by atoms with E-state index in [2.05, 4.69) is 5.32 Å². The number of carbonyl (C=O) groups excluding carboxylic acids is 2. The van der Waals surface area contributed by atoms with Crippen molar-refractivity contribution in [3.05, 3.63) is 100 Å². The molecule has 0 radical (unpaired) electrons. The molecule has 176 valence electrons. The Balaban J connectivity index is 1.76. The molecular formula is C28H25N3O3S. The third-order valence-electron chi connectivity index (χ3n) is 5.87. The number of hydrogen-bond acceptors (Lipinski definition) is 5. The van der Waals surface area contributed by atoms with Crippen LogP contribution in [-0.2, 0) is 16.0 Å². The van der Waals surface area contributed by atoms with Crippen LogP contribution in [0.25, 0.3) is 0 Å². The van der Waals surface area contributed by atoms with Crippen LogP contribution in [0.2, 0.25) is 0 Å². The van der Waals surface area contributed by atoms with Gasteiger partial charge in [0.15, 0.2) is 0 Å². The molecule has 2 amide bonds. The van der Waals surface area contributed by atoms with E-state index >= 15 is 0 Å². The van der Waals surface area contributed by atoms with Crippen molar-refractivity contribution in [3.63, 3.8) is 0 Å². The monoisotopic (exact) mass is 483 g/mol. The van der Waals surface area contributed by atoms with Gasteiger partial charge in [-0.2, -0.15) is 5.26 Å². The van der Waals surface area contributed by atoms with E-state index in [1.54, 1.807) is 24.3 Å². The lowest BCUT2D eigenvalue weighted by Gasteiger charge is -2.20. The number of ether oxygens (including phenoxy) is 1. The molecule has 1 saturated heterocycles. The number of nitriles is 1. The van der Waals surface area contributed by atoms with Crippen LogP contribution < -0.4 is 15.0 Å². The van der Waals surface area contributed by atoms with Crippen molar-refractivity contribution >= 4 is 35.0 Å². The van der Waals surface area contributed by atoms with Gasteiger partial charge in [-0.3, -0.25) is 14.5 Å². The van der Waals surface area contributed by atoms with Crippen molar-refractivity contribution < 1.29 is 14.3 Å². The number of methoxy groups -OCH3 is 1. The highest BCUT2D eigenvalue weighted by Crippen LogP contribution is 2.42. The molecule has 0 spiro atoms. The molecule has 0 bridgehead atoms. The number of amides is 2. The lowest BCUT2D eigenvalue weighted by atomic mass is 10.1. The second-order valence-electron chi connectivity index (χ2n) is 8.18. The molecule has 1 fully saturated rings.